The molecule has 3 rings (SSSR count). The lowest BCUT2D eigenvalue weighted by atomic mass is 10.1. The lowest BCUT2D eigenvalue weighted by molar-refractivity contribution is 0.572. The third-order valence-corrected chi connectivity index (χ3v) is 3.12. The van der Waals surface area contributed by atoms with Gasteiger partial charge in [0.2, 0.25) is 0 Å². The quantitative estimate of drug-likeness (QED) is 0.728. The van der Waals surface area contributed by atoms with E-state index in [1.54, 1.807) is 4.80 Å². The molecular formula is C16H16N4. The lowest BCUT2D eigenvalue weighted by Crippen LogP contribution is -1.98. The maximum absolute atomic E-state index is 4.57. The first-order valence-corrected chi connectivity index (χ1v) is 6.72. The molecule has 0 unspecified atom stereocenters. The predicted octanol–water partition coefficient (Wildman–Crippen LogP) is 3.34. The second-order valence-corrected chi connectivity index (χ2v) is 4.62. The molecule has 0 spiro atoms. The molecule has 0 bridgehead atoms. The molecule has 0 aliphatic carbocycles. The fraction of sp³-hybridized carbons (Fsp3) is 0.188. The van der Waals surface area contributed by atoms with Crippen LogP contribution in [0.25, 0.3) is 22.6 Å². The van der Waals surface area contributed by atoms with E-state index >= 15 is 0 Å². The minimum Gasteiger partial charge on any atom is -0.251 e. The Kier molecular flexibility index (Phi) is 3.29. The maximum atomic E-state index is 4.57. The van der Waals surface area contributed by atoms with Crippen LogP contribution in [0.3, 0.4) is 0 Å². The zero-order chi connectivity index (χ0) is 13.9. The molecule has 0 saturated heterocycles. The van der Waals surface area contributed by atoms with Gasteiger partial charge in [-0.15, -0.1) is 0 Å². The summed E-state index contributed by atoms with van der Waals surface area (Å²) < 4.78 is 0. The number of hydrogen-bond donors (Lipinski definition) is 0. The van der Waals surface area contributed by atoms with Crippen LogP contribution in [0.4, 0.5) is 0 Å². The summed E-state index contributed by atoms with van der Waals surface area (Å²) >= 11 is 0. The minimum atomic E-state index is 0.742. The number of nitrogens with zero attached hydrogens (tertiary/aromatic N) is 4. The third kappa shape index (κ3) is 2.32. The first kappa shape index (κ1) is 12.5. The molecule has 4 heteroatoms. The largest absolute Gasteiger partial charge is 0.251 e. The van der Waals surface area contributed by atoms with Crippen molar-refractivity contribution in [2.24, 2.45) is 0 Å². The van der Waals surface area contributed by atoms with Crippen molar-refractivity contribution in [3.8, 4) is 22.6 Å². The second kappa shape index (κ2) is 5.25. The molecule has 0 radical (unpaired) electrons. The van der Waals surface area contributed by atoms with Gasteiger partial charge in [0, 0.05) is 11.3 Å². The Morgan fingerprint density at radius 3 is 2.35 bits per heavy atom. The molecule has 0 atom stereocenters. The second-order valence-electron chi connectivity index (χ2n) is 4.62. The van der Waals surface area contributed by atoms with Gasteiger partial charge in [0.15, 0.2) is 0 Å². The van der Waals surface area contributed by atoms with Gasteiger partial charge in [0.1, 0.15) is 11.4 Å². The van der Waals surface area contributed by atoms with Crippen LogP contribution in [0.2, 0.25) is 0 Å². The number of aromatic nitrogens is 4. The molecule has 0 N–H and O–H groups in total. The highest BCUT2D eigenvalue weighted by atomic mass is 15.5. The molecule has 0 fully saturated rings. The van der Waals surface area contributed by atoms with E-state index in [0.717, 1.165) is 34.9 Å². The molecule has 3 aromatic rings. The fourth-order valence-electron chi connectivity index (χ4n) is 2.13. The monoisotopic (exact) mass is 264 g/mol. The average Bonchev–Trinajstić information content (AvgIpc) is 2.92. The van der Waals surface area contributed by atoms with Crippen LogP contribution >= 0.6 is 0 Å². The first-order valence-electron chi connectivity index (χ1n) is 6.72. The van der Waals surface area contributed by atoms with Crippen LogP contribution in [-0.2, 0) is 6.54 Å². The minimum absolute atomic E-state index is 0.742. The number of rotatable bonds is 3. The van der Waals surface area contributed by atoms with E-state index in [1.165, 1.54) is 0 Å². The zero-order valence-corrected chi connectivity index (χ0v) is 11.6. The van der Waals surface area contributed by atoms with Gasteiger partial charge < -0.3 is 0 Å². The Morgan fingerprint density at radius 2 is 1.65 bits per heavy atom. The van der Waals surface area contributed by atoms with Crippen LogP contribution in [-0.4, -0.2) is 20.0 Å². The van der Waals surface area contributed by atoms with Crippen molar-refractivity contribution in [2.45, 2.75) is 20.4 Å². The van der Waals surface area contributed by atoms with Crippen LogP contribution in [0.5, 0.6) is 0 Å². The SMILES string of the molecule is CCn1nc(-c2ccccc2)c(-c2cccc(C)n2)n1. The van der Waals surface area contributed by atoms with Crippen molar-refractivity contribution in [3.05, 3.63) is 54.2 Å². The van der Waals surface area contributed by atoms with Crippen molar-refractivity contribution in [1.82, 2.24) is 20.0 Å². The summed E-state index contributed by atoms with van der Waals surface area (Å²) in [5, 5.41) is 9.13. The van der Waals surface area contributed by atoms with Gasteiger partial charge in [-0.1, -0.05) is 36.4 Å². The molecule has 0 aliphatic rings. The van der Waals surface area contributed by atoms with E-state index < -0.39 is 0 Å². The van der Waals surface area contributed by atoms with Crippen LogP contribution < -0.4 is 0 Å². The molecule has 0 saturated carbocycles. The summed E-state index contributed by atoms with van der Waals surface area (Å²) in [4.78, 5) is 6.27. The van der Waals surface area contributed by atoms with E-state index in [9.17, 15) is 0 Å². The van der Waals surface area contributed by atoms with Crippen molar-refractivity contribution in [1.29, 1.82) is 0 Å². The van der Waals surface area contributed by atoms with Gasteiger partial charge in [-0.25, -0.2) is 0 Å². The number of hydrogen-bond acceptors (Lipinski definition) is 3. The maximum Gasteiger partial charge on any atom is 0.139 e. The van der Waals surface area contributed by atoms with E-state index in [4.69, 9.17) is 0 Å². The number of pyridine rings is 1. The van der Waals surface area contributed by atoms with E-state index in [-0.39, 0.29) is 0 Å². The first-order chi connectivity index (χ1) is 9.78. The topological polar surface area (TPSA) is 43.6 Å². The summed E-state index contributed by atoms with van der Waals surface area (Å²) in [6.07, 6.45) is 0. The normalized spacial score (nSPS) is 10.7. The average molecular weight is 264 g/mol. The molecule has 2 aromatic heterocycles. The Hall–Kier alpha value is -2.49. The number of benzene rings is 1. The highest BCUT2D eigenvalue weighted by Crippen LogP contribution is 2.27. The molecular weight excluding hydrogens is 248 g/mol. The molecule has 2 heterocycles. The van der Waals surface area contributed by atoms with Gasteiger partial charge in [-0.05, 0) is 26.0 Å². The van der Waals surface area contributed by atoms with Crippen molar-refractivity contribution >= 4 is 0 Å². The van der Waals surface area contributed by atoms with Gasteiger partial charge in [0.25, 0.3) is 0 Å². The van der Waals surface area contributed by atoms with Crippen LogP contribution in [0, 0.1) is 6.92 Å². The van der Waals surface area contributed by atoms with Gasteiger partial charge in [0.05, 0.1) is 12.2 Å². The Balaban J connectivity index is 2.18. The van der Waals surface area contributed by atoms with Crippen molar-refractivity contribution in [2.75, 3.05) is 0 Å². The molecule has 1 aromatic carbocycles. The van der Waals surface area contributed by atoms with Crippen LogP contribution in [0.15, 0.2) is 48.5 Å². The predicted molar refractivity (Wildman–Crippen MR) is 79.1 cm³/mol. The standard InChI is InChI=1S/C16H16N4/c1-3-20-18-15(13-9-5-4-6-10-13)16(19-20)14-11-7-8-12(2)17-14/h4-11H,3H2,1-2H3. The molecule has 0 amide bonds. The van der Waals surface area contributed by atoms with Gasteiger partial charge >= 0.3 is 0 Å². The van der Waals surface area contributed by atoms with Gasteiger partial charge in [-0.2, -0.15) is 15.0 Å². The van der Waals surface area contributed by atoms with Crippen molar-refractivity contribution < 1.29 is 0 Å². The highest BCUT2D eigenvalue weighted by Gasteiger charge is 2.15. The van der Waals surface area contributed by atoms with E-state index in [2.05, 4.69) is 15.2 Å². The number of aryl methyl sites for hydroxylation is 2. The fourth-order valence-corrected chi connectivity index (χ4v) is 2.13. The molecule has 4 nitrogen and oxygen atoms in total. The van der Waals surface area contributed by atoms with Crippen LogP contribution in [0.1, 0.15) is 12.6 Å². The van der Waals surface area contributed by atoms with E-state index in [0.29, 0.717) is 0 Å². The Bertz CT molecular complexity index is 716. The summed E-state index contributed by atoms with van der Waals surface area (Å²) in [6.45, 7) is 4.75. The molecule has 100 valence electrons. The Labute approximate surface area is 118 Å². The van der Waals surface area contributed by atoms with Crippen molar-refractivity contribution in [3.63, 3.8) is 0 Å². The highest BCUT2D eigenvalue weighted by molar-refractivity contribution is 5.75. The summed E-state index contributed by atoms with van der Waals surface area (Å²) in [7, 11) is 0. The van der Waals surface area contributed by atoms with E-state index in [1.807, 2.05) is 62.4 Å². The summed E-state index contributed by atoms with van der Waals surface area (Å²) in [5.41, 5.74) is 4.62. The molecule has 20 heavy (non-hydrogen) atoms. The lowest BCUT2D eigenvalue weighted by Gasteiger charge is -2.01. The summed E-state index contributed by atoms with van der Waals surface area (Å²) in [5.74, 6) is 0. The smallest absolute Gasteiger partial charge is 0.139 e. The summed E-state index contributed by atoms with van der Waals surface area (Å²) in [6, 6.07) is 16.1. The zero-order valence-electron chi connectivity index (χ0n) is 11.6. The Morgan fingerprint density at radius 1 is 0.900 bits per heavy atom. The third-order valence-electron chi connectivity index (χ3n) is 3.12. The molecule has 0 aliphatic heterocycles. The van der Waals surface area contributed by atoms with Gasteiger partial charge in [-0.3, -0.25) is 4.98 Å².